The lowest BCUT2D eigenvalue weighted by atomic mass is 10.0. The van der Waals surface area contributed by atoms with Gasteiger partial charge in [-0.05, 0) is 56.2 Å². The zero-order chi connectivity index (χ0) is 21.0. The standard InChI is InChI=1S/C22H26FN3O2S/c1-25(2)20(15-6-4-7-17(23)10-15)13-24-22(28)16-11-21(27)26(14-16)18-8-5-9-19(12-18)29-3/h4-10,12,16,20H,11,13-14H2,1-3H3,(H,24,28)/t16-,20-/m0/s1. The molecule has 0 saturated carbocycles. The maximum atomic E-state index is 13.6. The molecule has 5 nitrogen and oxygen atoms in total. The molecule has 0 bridgehead atoms. The minimum absolute atomic E-state index is 0.0438. The van der Waals surface area contributed by atoms with Gasteiger partial charge in [0.05, 0.1) is 12.0 Å². The molecule has 0 aliphatic carbocycles. The summed E-state index contributed by atoms with van der Waals surface area (Å²) in [6.07, 6.45) is 2.18. The Balaban J connectivity index is 1.64. The number of carbonyl (C=O) groups is 2. The molecule has 1 heterocycles. The Morgan fingerprint density at radius 2 is 2.03 bits per heavy atom. The predicted octanol–water partition coefficient (Wildman–Crippen LogP) is 3.32. The molecule has 7 heteroatoms. The molecule has 154 valence electrons. The van der Waals surface area contributed by atoms with Gasteiger partial charge in [0.1, 0.15) is 5.82 Å². The molecular weight excluding hydrogens is 389 g/mol. The van der Waals surface area contributed by atoms with Crippen molar-refractivity contribution in [2.45, 2.75) is 17.4 Å². The smallest absolute Gasteiger partial charge is 0.227 e. The third-order valence-corrected chi connectivity index (χ3v) is 5.91. The van der Waals surface area contributed by atoms with Crippen molar-refractivity contribution < 1.29 is 14.0 Å². The summed E-state index contributed by atoms with van der Waals surface area (Å²) in [7, 11) is 3.78. The zero-order valence-electron chi connectivity index (χ0n) is 16.9. The summed E-state index contributed by atoms with van der Waals surface area (Å²) in [5.41, 5.74) is 1.62. The van der Waals surface area contributed by atoms with Crippen molar-refractivity contribution in [3.63, 3.8) is 0 Å². The van der Waals surface area contributed by atoms with Crippen LogP contribution in [0.15, 0.2) is 53.4 Å². The molecule has 29 heavy (non-hydrogen) atoms. The fraction of sp³-hybridized carbons (Fsp3) is 0.364. The molecule has 1 fully saturated rings. The first kappa shape index (κ1) is 21.3. The number of benzene rings is 2. The molecule has 2 aromatic rings. The van der Waals surface area contributed by atoms with Crippen LogP contribution in [-0.2, 0) is 9.59 Å². The van der Waals surface area contributed by atoms with Crippen LogP contribution in [0.2, 0.25) is 0 Å². The summed E-state index contributed by atoms with van der Waals surface area (Å²) >= 11 is 1.61. The van der Waals surface area contributed by atoms with E-state index in [9.17, 15) is 14.0 Å². The molecule has 0 spiro atoms. The molecule has 1 saturated heterocycles. The van der Waals surface area contributed by atoms with Crippen molar-refractivity contribution in [3.8, 4) is 0 Å². The highest BCUT2D eigenvalue weighted by molar-refractivity contribution is 7.98. The summed E-state index contributed by atoms with van der Waals surface area (Å²) in [6, 6.07) is 14.0. The fourth-order valence-corrected chi connectivity index (χ4v) is 4.02. The number of hydrogen-bond acceptors (Lipinski definition) is 4. The highest BCUT2D eigenvalue weighted by Gasteiger charge is 2.35. The molecule has 2 amide bonds. The highest BCUT2D eigenvalue weighted by Crippen LogP contribution is 2.28. The number of likely N-dealkylation sites (N-methyl/N-ethyl adjacent to an activating group) is 1. The van der Waals surface area contributed by atoms with E-state index in [2.05, 4.69) is 5.32 Å². The lowest BCUT2D eigenvalue weighted by Crippen LogP contribution is -2.38. The Bertz CT molecular complexity index is 890. The van der Waals surface area contributed by atoms with E-state index in [1.54, 1.807) is 22.7 Å². The van der Waals surface area contributed by atoms with E-state index < -0.39 is 5.92 Å². The van der Waals surface area contributed by atoms with E-state index in [1.165, 1.54) is 12.1 Å². The topological polar surface area (TPSA) is 52.7 Å². The van der Waals surface area contributed by atoms with Gasteiger partial charge in [0, 0.05) is 30.1 Å². The minimum Gasteiger partial charge on any atom is -0.354 e. The van der Waals surface area contributed by atoms with E-state index in [4.69, 9.17) is 0 Å². The highest BCUT2D eigenvalue weighted by atomic mass is 32.2. The van der Waals surface area contributed by atoms with Crippen LogP contribution in [0.1, 0.15) is 18.0 Å². The van der Waals surface area contributed by atoms with Gasteiger partial charge in [0.2, 0.25) is 11.8 Å². The first-order valence-corrected chi connectivity index (χ1v) is 10.8. The molecule has 1 aliphatic rings. The second-order valence-electron chi connectivity index (χ2n) is 7.39. The average Bonchev–Trinajstić information content (AvgIpc) is 3.09. The van der Waals surface area contributed by atoms with E-state index in [0.29, 0.717) is 13.1 Å². The SMILES string of the molecule is CSc1cccc(N2C[C@@H](C(=O)NC[C@@H](c3cccc(F)c3)N(C)C)CC2=O)c1. The van der Waals surface area contributed by atoms with Crippen LogP contribution in [0.25, 0.3) is 0 Å². The molecule has 1 aliphatic heterocycles. The zero-order valence-corrected chi connectivity index (χ0v) is 17.7. The predicted molar refractivity (Wildman–Crippen MR) is 115 cm³/mol. The third kappa shape index (κ3) is 5.16. The summed E-state index contributed by atoms with van der Waals surface area (Å²) < 4.78 is 13.6. The van der Waals surface area contributed by atoms with Crippen LogP contribution < -0.4 is 10.2 Å². The third-order valence-electron chi connectivity index (χ3n) is 5.19. The van der Waals surface area contributed by atoms with Gasteiger partial charge < -0.3 is 15.1 Å². The maximum Gasteiger partial charge on any atom is 0.227 e. The normalized spacial score (nSPS) is 17.6. The van der Waals surface area contributed by atoms with Gasteiger partial charge in [-0.2, -0.15) is 0 Å². The van der Waals surface area contributed by atoms with E-state index in [0.717, 1.165) is 16.1 Å². The largest absolute Gasteiger partial charge is 0.354 e. The van der Waals surface area contributed by atoms with Crippen molar-refractivity contribution in [3.05, 3.63) is 59.9 Å². The average molecular weight is 416 g/mol. The van der Waals surface area contributed by atoms with Gasteiger partial charge in [0.25, 0.3) is 0 Å². The number of rotatable bonds is 7. The Labute approximate surface area is 175 Å². The first-order valence-electron chi connectivity index (χ1n) is 9.53. The molecule has 0 aromatic heterocycles. The van der Waals surface area contributed by atoms with E-state index in [1.807, 2.05) is 55.6 Å². The van der Waals surface area contributed by atoms with Crippen molar-refractivity contribution in [2.24, 2.45) is 5.92 Å². The molecule has 0 radical (unpaired) electrons. The van der Waals surface area contributed by atoms with Crippen LogP contribution in [0, 0.1) is 11.7 Å². The van der Waals surface area contributed by atoms with Crippen molar-refractivity contribution in [2.75, 3.05) is 38.3 Å². The van der Waals surface area contributed by atoms with Crippen LogP contribution >= 0.6 is 11.8 Å². The van der Waals surface area contributed by atoms with Gasteiger partial charge in [-0.25, -0.2) is 4.39 Å². The number of amides is 2. The number of anilines is 1. The summed E-state index contributed by atoms with van der Waals surface area (Å²) in [4.78, 5) is 29.9. The van der Waals surface area contributed by atoms with Gasteiger partial charge in [-0.15, -0.1) is 11.8 Å². The van der Waals surface area contributed by atoms with E-state index >= 15 is 0 Å². The molecule has 0 unspecified atom stereocenters. The van der Waals surface area contributed by atoms with Crippen LogP contribution in [-0.4, -0.2) is 50.2 Å². The Kier molecular flexibility index (Phi) is 6.92. The quantitative estimate of drug-likeness (QED) is 0.705. The molecule has 3 rings (SSSR count). The molecular formula is C22H26FN3O2S. The van der Waals surface area contributed by atoms with Gasteiger partial charge in [0.15, 0.2) is 0 Å². The van der Waals surface area contributed by atoms with Gasteiger partial charge in [-0.1, -0.05) is 18.2 Å². The number of carbonyl (C=O) groups excluding carboxylic acids is 2. The number of hydrogen-bond donors (Lipinski definition) is 1. The molecule has 2 atom stereocenters. The number of nitrogens with one attached hydrogen (secondary N) is 1. The van der Waals surface area contributed by atoms with Crippen molar-refractivity contribution in [1.29, 1.82) is 0 Å². The monoisotopic (exact) mass is 415 g/mol. The Morgan fingerprint density at radius 1 is 1.28 bits per heavy atom. The lowest BCUT2D eigenvalue weighted by molar-refractivity contribution is -0.126. The fourth-order valence-electron chi connectivity index (χ4n) is 3.57. The summed E-state index contributed by atoms with van der Waals surface area (Å²) in [6.45, 7) is 0.719. The molecule has 2 aromatic carbocycles. The second-order valence-corrected chi connectivity index (χ2v) is 8.27. The summed E-state index contributed by atoms with van der Waals surface area (Å²) in [5, 5.41) is 2.95. The lowest BCUT2D eigenvalue weighted by Gasteiger charge is -2.26. The second kappa shape index (κ2) is 9.41. The maximum absolute atomic E-state index is 13.6. The minimum atomic E-state index is -0.393. The van der Waals surface area contributed by atoms with E-state index in [-0.39, 0.29) is 30.1 Å². The van der Waals surface area contributed by atoms with Crippen molar-refractivity contribution >= 4 is 29.3 Å². The summed E-state index contributed by atoms with van der Waals surface area (Å²) in [5.74, 6) is -0.885. The number of halogens is 1. The van der Waals surface area contributed by atoms with Crippen molar-refractivity contribution in [1.82, 2.24) is 10.2 Å². The van der Waals surface area contributed by atoms with Crippen LogP contribution in [0.5, 0.6) is 0 Å². The number of nitrogens with zero attached hydrogens (tertiary/aromatic N) is 2. The van der Waals surface area contributed by atoms with Crippen LogP contribution in [0.3, 0.4) is 0 Å². The first-order chi connectivity index (χ1) is 13.9. The van der Waals surface area contributed by atoms with Gasteiger partial charge >= 0.3 is 0 Å². The Morgan fingerprint density at radius 3 is 2.72 bits per heavy atom. The Hall–Kier alpha value is -2.38. The number of thioether (sulfide) groups is 1. The van der Waals surface area contributed by atoms with Crippen LogP contribution in [0.4, 0.5) is 10.1 Å². The van der Waals surface area contributed by atoms with Gasteiger partial charge in [-0.3, -0.25) is 9.59 Å². The molecule has 1 N–H and O–H groups in total.